The first-order valence-electron chi connectivity index (χ1n) is 4.90. The number of aromatic nitrogens is 2. The van der Waals surface area contributed by atoms with Crippen LogP contribution in [0.2, 0.25) is 0 Å². The molecular weight excluding hydrogens is 162 g/mol. The van der Waals surface area contributed by atoms with Crippen LogP contribution in [0.25, 0.3) is 0 Å². The van der Waals surface area contributed by atoms with E-state index in [2.05, 4.69) is 24.1 Å². The van der Waals surface area contributed by atoms with Gasteiger partial charge in [0.2, 0.25) is 0 Å². The molecule has 3 nitrogen and oxygen atoms in total. The molecule has 0 aliphatic carbocycles. The Morgan fingerprint density at radius 2 is 2.38 bits per heavy atom. The second-order valence-electron chi connectivity index (χ2n) is 3.64. The van der Waals surface area contributed by atoms with Crippen LogP contribution < -0.4 is 5.32 Å². The molecule has 1 heterocycles. The van der Waals surface area contributed by atoms with E-state index >= 15 is 0 Å². The van der Waals surface area contributed by atoms with Crippen molar-refractivity contribution in [2.45, 2.75) is 26.8 Å². The van der Waals surface area contributed by atoms with Gasteiger partial charge in [-0.05, 0) is 12.5 Å². The average Bonchev–Trinajstić information content (AvgIpc) is 2.52. The summed E-state index contributed by atoms with van der Waals surface area (Å²) in [6.45, 7) is 6.48. The summed E-state index contributed by atoms with van der Waals surface area (Å²) in [5.74, 6) is 0.758. The van der Waals surface area contributed by atoms with Crippen molar-refractivity contribution in [2.75, 3.05) is 6.54 Å². The standard InChI is InChI=1S/C10H19N3/c1-4-9(2)5-11-6-10-7-12-8-13(10)3/h7-9,11H,4-6H2,1-3H3. The van der Waals surface area contributed by atoms with Gasteiger partial charge in [0.15, 0.2) is 0 Å². The number of nitrogens with one attached hydrogen (secondary N) is 1. The van der Waals surface area contributed by atoms with Gasteiger partial charge in [-0.2, -0.15) is 0 Å². The molecule has 1 rings (SSSR count). The van der Waals surface area contributed by atoms with Crippen molar-refractivity contribution in [3.63, 3.8) is 0 Å². The fourth-order valence-corrected chi connectivity index (χ4v) is 1.15. The summed E-state index contributed by atoms with van der Waals surface area (Å²) in [5, 5.41) is 3.42. The maximum atomic E-state index is 4.06. The topological polar surface area (TPSA) is 29.9 Å². The van der Waals surface area contributed by atoms with Crippen molar-refractivity contribution in [1.29, 1.82) is 0 Å². The zero-order chi connectivity index (χ0) is 9.68. The van der Waals surface area contributed by atoms with Gasteiger partial charge in [0.1, 0.15) is 0 Å². The fraction of sp³-hybridized carbons (Fsp3) is 0.700. The molecule has 0 aliphatic heterocycles. The third kappa shape index (κ3) is 3.19. The highest BCUT2D eigenvalue weighted by molar-refractivity contribution is 4.96. The molecule has 0 aliphatic rings. The minimum atomic E-state index is 0.758. The van der Waals surface area contributed by atoms with Crippen LogP contribution in [0, 0.1) is 5.92 Å². The molecule has 13 heavy (non-hydrogen) atoms. The lowest BCUT2D eigenvalue weighted by Gasteiger charge is -2.09. The lowest BCUT2D eigenvalue weighted by atomic mass is 10.1. The molecule has 0 amide bonds. The lowest BCUT2D eigenvalue weighted by Crippen LogP contribution is -2.21. The molecule has 0 saturated carbocycles. The Hall–Kier alpha value is -0.830. The van der Waals surface area contributed by atoms with E-state index in [-0.39, 0.29) is 0 Å². The van der Waals surface area contributed by atoms with Gasteiger partial charge in [0, 0.05) is 19.8 Å². The first-order valence-corrected chi connectivity index (χ1v) is 4.90. The summed E-state index contributed by atoms with van der Waals surface area (Å²) in [5.41, 5.74) is 1.24. The number of rotatable bonds is 5. The zero-order valence-electron chi connectivity index (χ0n) is 8.75. The van der Waals surface area contributed by atoms with Crippen LogP contribution in [0.4, 0.5) is 0 Å². The third-order valence-electron chi connectivity index (χ3n) is 2.41. The van der Waals surface area contributed by atoms with Gasteiger partial charge >= 0.3 is 0 Å². The molecule has 74 valence electrons. The van der Waals surface area contributed by atoms with Crippen LogP contribution in [0.15, 0.2) is 12.5 Å². The number of hydrogen-bond acceptors (Lipinski definition) is 2. The van der Waals surface area contributed by atoms with Gasteiger partial charge in [0.25, 0.3) is 0 Å². The molecule has 1 unspecified atom stereocenters. The summed E-state index contributed by atoms with van der Waals surface area (Å²) >= 11 is 0. The number of imidazole rings is 1. The minimum absolute atomic E-state index is 0.758. The van der Waals surface area contributed by atoms with Crippen LogP contribution in [0.5, 0.6) is 0 Å². The Morgan fingerprint density at radius 3 is 2.92 bits per heavy atom. The van der Waals surface area contributed by atoms with Crippen LogP contribution in [-0.2, 0) is 13.6 Å². The molecule has 1 aromatic heterocycles. The molecule has 1 N–H and O–H groups in total. The summed E-state index contributed by atoms with van der Waals surface area (Å²) in [6.07, 6.45) is 4.97. The Labute approximate surface area is 80.2 Å². The van der Waals surface area contributed by atoms with Gasteiger partial charge in [0.05, 0.1) is 12.0 Å². The van der Waals surface area contributed by atoms with Gasteiger partial charge in [-0.1, -0.05) is 20.3 Å². The number of nitrogens with zero attached hydrogens (tertiary/aromatic N) is 2. The van der Waals surface area contributed by atoms with E-state index in [1.165, 1.54) is 12.1 Å². The highest BCUT2D eigenvalue weighted by Gasteiger charge is 2.00. The summed E-state index contributed by atoms with van der Waals surface area (Å²) < 4.78 is 2.05. The van der Waals surface area contributed by atoms with Crippen molar-refractivity contribution < 1.29 is 0 Å². The molecule has 0 fully saturated rings. The fourth-order valence-electron chi connectivity index (χ4n) is 1.15. The monoisotopic (exact) mass is 181 g/mol. The van der Waals surface area contributed by atoms with Crippen molar-refractivity contribution >= 4 is 0 Å². The summed E-state index contributed by atoms with van der Waals surface area (Å²) in [6, 6.07) is 0. The van der Waals surface area contributed by atoms with Crippen molar-refractivity contribution in [3.8, 4) is 0 Å². The highest BCUT2D eigenvalue weighted by Crippen LogP contribution is 1.99. The molecule has 1 aromatic rings. The van der Waals surface area contributed by atoms with E-state index < -0.39 is 0 Å². The van der Waals surface area contributed by atoms with E-state index in [0.717, 1.165) is 19.0 Å². The Morgan fingerprint density at radius 1 is 1.62 bits per heavy atom. The Balaban J connectivity index is 2.24. The Bertz CT molecular complexity index is 242. The van der Waals surface area contributed by atoms with Crippen LogP contribution in [0.3, 0.4) is 0 Å². The second kappa shape index (κ2) is 5.02. The Kier molecular flexibility index (Phi) is 3.96. The predicted octanol–water partition coefficient (Wildman–Crippen LogP) is 1.56. The van der Waals surface area contributed by atoms with Crippen molar-refractivity contribution in [2.24, 2.45) is 13.0 Å². The van der Waals surface area contributed by atoms with Crippen LogP contribution in [0.1, 0.15) is 26.0 Å². The number of hydrogen-bond donors (Lipinski definition) is 1. The average molecular weight is 181 g/mol. The second-order valence-corrected chi connectivity index (χ2v) is 3.64. The molecular formula is C10H19N3. The molecule has 0 spiro atoms. The highest BCUT2D eigenvalue weighted by atomic mass is 15.0. The largest absolute Gasteiger partial charge is 0.337 e. The van der Waals surface area contributed by atoms with Crippen molar-refractivity contribution in [1.82, 2.24) is 14.9 Å². The van der Waals surface area contributed by atoms with Crippen LogP contribution in [-0.4, -0.2) is 16.1 Å². The van der Waals surface area contributed by atoms with Crippen LogP contribution >= 0.6 is 0 Å². The van der Waals surface area contributed by atoms with E-state index in [4.69, 9.17) is 0 Å². The maximum Gasteiger partial charge on any atom is 0.0945 e. The van der Waals surface area contributed by atoms with Crippen molar-refractivity contribution in [3.05, 3.63) is 18.2 Å². The zero-order valence-corrected chi connectivity index (χ0v) is 8.75. The molecule has 0 saturated heterocycles. The quantitative estimate of drug-likeness (QED) is 0.747. The first-order chi connectivity index (χ1) is 6.24. The molecule has 0 bridgehead atoms. The maximum absolute atomic E-state index is 4.06. The molecule has 0 radical (unpaired) electrons. The SMILES string of the molecule is CCC(C)CNCc1cncn1C. The summed E-state index contributed by atoms with van der Waals surface area (Å²) in [7, 11) is 2.02. The molecule has 3 heteroatoms. The molecule has 0 aromatic carbocycles. The van der Waals surface area contributed by atoms with E-state index in [0.29, 0.717) is 0 Å². The smallest absolute Gasteiger partial charge is 0.0945 e. The first kappa shape index (κ1) is 10.3. The van der Waals surface area contributed by atoms with Gasteiger partial charge in [-0.3, -0.25) is 0 Å². The van der Waals surface area contributed by atoms with Gasteiger partial charge in [-0.25, -0.2) is 4.98 Å². The number of aryl methyl sites for hydroxylation is 1. The van der Waals surface area contributed by atoms with Gasteiger partial charge in [-0.15, -0.1) is 0 Å². The normalized spacial score (nSPS) is 13.2. The minimum Gasteiger partial charge on any atom is -0.337 e. The van der Waals surface area contributed by atoms with E-state index in [1.807, 2.05) is 24.1 Å². The lowest BCUT2D eigenvalue weighted by molar-refractivity contribution is 0.494. The summed E-state index contributed by atoms with van der Waals surface area (Å²) in [4.78, 5) is 4.06. The predicted molar refractivity (Wildman–Crippen MR) is 54.4 cm³/mol. The third-order valence-corrected chi connectivity index (χ3v) is 2.41. The van der Waals surface area contributed by atoms with E-state index in [9.17, 15) is 0 Å². The van der Waals surface area contributed by atoms with E-state index in [1.54, 1.807) is 0 Å². The van der Waals surface area contributed by atoms with Gasteiger partial charge < -0.3 is 9.88 Å². The molecule has 1 atom stereocenters.